The second-order valence-corrected chi connectivity index (χ2v) is 7.34. The minimum absolute atomic E-state index is 1.19. The molecule has 0 unspecified atom stereocenters. The molecule has 0 aromatic heterocycles. The standard InChI is InChI=1S/C30H40/c1-2-4-6-8-10-12-14-16-18-20-22-24-26-28-30-29-27-25-23-21-19-17-15-13-11-9-7-5-3-1/h1-20H,21-30H2. The molecule has 0 aromatic rings. The van der Waals surface area contributed by atoms with Crippen LogP contribution in [0.1, 0.15) is 64.2 Å². The molecule has 0 nitrogen and oxygen atoms in total. The van der Waals surface area contributed by atoms with E-state index in [0.717, 1.165) is 0 Å². The molecule has 0 saturated heterocycles. The molecule has 0 radical (unpaired) electrons. The van der Waals surface area contributed by atoms with Crippen LogP contribution in [0.15, 0.2) is 122 Å². The summed E-state index contributed by atoms with van der Waals surface area (Å²) in [6, 6.07) is 0. The summed E-state index contributed by atoms with van der Waals surface area (Å²) in [6.45, 7) is 0. The third-order valence-electron chi connectivity index (χ3n) is 4.65. The van der Waals surface area contributed by atoms with Gasteiger partial charge in [-0.1, -0.05) is 160 Å². The van der Waals surface area contributed by atoms with E-state index in [1.54, 1.807) is 0 Å². The van der Waals surface area contributed by atoms with E-state index in [-0.39, 0.29) is 0 Å². The molecule has 0 fully saturated rings. The molecule has 0 heteroatoms. The maximum atomic E-state index is 2.28. The van der Waals surface area contributed by atoms with Crippen LogP contribution < -0.4 is 0 Å². The summed E-state index contributed by atoms with van der Waals surface area (Å²) in [7, 11) is 0. The Morgan fingerprint density at radius 1 is 0.200 bits per heavy atom. The van der Waals surface area contributed by atoms with Crippen LogP contribution in [-0.2, 0) is 0 Å². The van der Waals surface area contributed by atoms with Crippen molar-refractivity contribution < 1.29 is 0 Å². The lowest BCUT2D eigenvalue weighted by Gasteiger charge is -2.00. The van der Waals surface area contributed by atoms with E-state index in [4.69, 9.17) is 0 Å². The molecule has 0 heterocycles. The van der Waals surface area contributed by atoms with Gasteiger partial charge in [-0.15, -0.1) is 0 Å². The average Bonchev–Trinajstić information content (AvgIpc) is 2.76. The Balaban J connectivity index is 2.42. The quantitative estimate of drug-likeness (QED) is 0.380. The lowest BCUT2D eigenvalue weighted by Crippen LogP contribution is -1.81. The number of hydrogen-bond acceptors (Lipinski definition) is 0. The molecule has 160 valence electrons. The van der Waals surface area contributed by atoms with Crippen molar-refractivity contribution in [3.05, 3.63) is 122 Å². The van der Waals surface area contributed by atoms with Gasteiger partial charge in [0.05, 0.1) is 0 Å². The third-order valence-corrected chi connectivity index (χ3v) is 4.65. The highest BCUT2D eigenvalue weighted by Crippen LogP contribution is 2.11. The van der Waals surface area contributed by atoms with Crippen LogP contribution in [0.2, 0.25) is 0 Å². The third kappa shape index (κ3) is 20.1. The Labute approximate surface area is 185 Å². The van der Waals surface area contributed by atoms with Gasteiger partial charge in [0.2, 0.25) is 0 Å². The van der Waals surface area contributed by atoms with E-state index in [0.29, 0.717) is 0 Å². The molecule has 0 amide bonds. The fourth-order valence-electron chi connectivity index (χ4n) is 2.96. The molecular formula is C30H40. The first-order valence-corrected chi connectivity index (χ1v) is 11.6. The van der Waals surface area contributed by atoms with Crippen LogP contribution in [0.3, 0.4) is 0 Å². The predicted molar refractivity (Wildman–Crippen MR) is 138 cm³/mol. The minimum atomic E-state index is 1.19. The topological polar surface area (TPSA) is 0 Å². The summed E-state index contributed by atoms with van der Waals surface area (Å²) < 4.78 is 0. The van der Waals surface area contributed by atoms with Crippen LogP contribution in [0.5, 0.6) is 0 Å². The van der Waals surface area contributed by atoms with Crippen LogP contribution in [-0.4, -0.2) is 0 Å². The summed E-state index contributed by atoms with van der Waals surface area (Å²) in [5.74, 6) is 0. The van der Waals surface area contributed by atoms with E-state index in [1.165, 1.54) is 64.2 Å². The Bertz CT molecular complexity index is 609. The normalized spacial score (nSPS) is 18.7. The Morgan fingerprint density at radius 3 is 0.667 bits per heavy atom. The van der Waals surface area contributed by atoms with Crippen LogP contribution in [0, 0.1) is 0 Å². The highest BCUT2D eigenvalue weighted by molar-refractivity contribution is 5.22. The Morgan fingerprint density at radius 2 is 0.400 bits per heavy atom. The van der Waals surface area contributed by atoms with Crippen LogP contribution in [0.25, 0.3) is 0 Å². The van der Waals surface area contributed by atoms with E-state index in [2.05, 4.69) is 60.8 Å². The largest absolute Gasteiger partial charge is 0.0845 e. The zero-order chi connectivity index (χ0) is 21.2. The summed E-state index contributed by atoms with van der Waals surface area (Å²) in [4.78, 5) is 0. The van der Waals surface area contributed by atoms with Crippen molar-refractivity contribution in [2.24, 2.45) is 0 Å². The lowest BCUT2D eigenvalue weighted by molar-refractivity contribution is 0.571. The van der Waals surface area contributed by atoms with Crippen molar-refractivity contribution in [2.75, 3.05) is 0 Å². The van der Waals surface area contributed by atoms with E-state index in [1.807, 2.05) is 60.8 Å². The molecule has 0 saturated carbocycles. The minimum Gasteiger partial charge on any atom is -0.0845 e. The number of allylic oxidation sites excluding steroid dienone is 20. The first-order valence-electron chi connectivity index (χ1n) is 11.6. The predicted octanol–water partition coefficient (Wildman–Crippen LogP) is 9.46. The van der Waals surface area contributed by atoms with Gasteiger partial charge in [0.1, 0.15) is 0 Å². The average molecular weight is 401 g/mol. The van der Waals surface area contributed by atoms with Gasteiger partial charge in [0, 0.05) is 0 Å². The van der Waals surface area contributed by atoms with Crippen molar-refractivity contribution in [2.45, 2.75) is 64.2 Å². The van der Waals surface area contributed by atoms with Gasteiger partial charge in [0.25, 0.3) is 0 Å². The summed E-state index contributed by atoms with van der Waals surface area (Å²) >= 11 is 0. The van der Waals surface area contributed by atoms with Gasteiger partial charge in [-0.25, -0.2) is 0 Å². The maximum Gasteiger partial charge on any atom is -0.0348 e. The van der Waals surface area contributed by atoms with E-state index >= 15 is 0 Å². The molecule has 1 aliphatic rings. The van der Waals surface area contributed by atoms with Gasteiger partial charge >= 0.3 is 0 Å². The van der Waals surface area contributed by atoms with Crippen molar-refractivity contribution >= 4 is 0 Å². The van der Waals surface area contributed by atoms with Gasteiger partial charge < -0.3 is 0 Å². The zero-order valence-corrected chi connectivity index (χ0v) is 18.6. The number of hydrogen-bond donors (Lipinski definition) is 0. The fourth-order valence-corrected chi connectivity index (χ4v) is 2.96. The monoisotopic (exact) mass is 400 g/mol. The Hall–Kier alpha value is -2.60. The molecule has 0 spiro atoms. The van der Waals surface area contributed by atoms with Crippen molar-refractivity contribution in [3.63, 3.8) is 0 Å². The Kier molecular flexibility index (Phi) is 19.2. The van der Waals surface area contributed by atoms with E-state index < -0.39 is 0 Å². The van der Waals surface area contributed by atoms with E-state index in [9.17, 15) is 0 Å². The number of rotatable bonds is 0. The SMILES string of the molecule is C1=CC=CC=CC=CC=CCCCCCCCCCCC=CC=CC=CC=CC=C1. The smallest absolute Gasteiger partial charge is 0.0348 e. The second-order valence-electron chi connectivity index (χ2n) is 7.34. The van der Waals surface area contributed by atoms with Gasteiger partial charge in [0.15, 0.2) is 0 Å². The summed E-state index contributed by atoms with van der Waals surface area (Å²) in [5, 5.41) is 0. The maximum absolute atomic E-state index is 2.28. The molecular weight excluding hydrogens is 360 g/mol. The summed E-state index contributed by atoms with van der Waals surface area (Å²) in [5.41, 5.74) is 0. The zero-order valence-electron chi connectivity index (χ0n) is 18.6. The van der Waals surface area contributed by atoms with Gasteiger partial charge in [-0.2, -0.15) is 0 Å². The van der Waals surface area contributed by atoms with Gasteiger partial charge in [-0.3, -0.25) is 0 Å². The van der Waals surface area contributed by atoms with Crippen molar-refractivity contribution in [3.8, 4) is 0 Å². The molecule has 0 aromatic carbocycles. The van der Waals surface area contributed by atoms with Gasteiger partial charge in [-0.05, 0) is 25.7 Å². The van der Waals surface area contributed by atoms with Crippen LogP contribution in [0.4, 0.5) is 0 Å². The molecule has 0 N–H and O–H groups in total. The highest BCUT2D eigenvalue weighted by atomic mass is 14.0. The molecule has 0 atom stereocenters. The highest BCUT2D eigenvalue weighted by Gasteiger charge is 1.91. The van der Waals surface area contributed by atoms with Crippen molar-refractivity contribution in [1.29, 1.82) is 0 Å². The lowest BCUT2D eigenvalue weighted by atomic mass is 10.1. The molecule has 1 aliphatic carbocycles. The first kappa shape index (κ1) is 25.4. The molecule has 1 rings (SSSR count). The molecule has 0 bridgehead atoms. The first-order chi connectivity index (χ1) is 15.0. The summed E-state index contributed by atoms with van der Waals surface area (Å²) in [6.07, 6.45) is 55.0. The van der Waals surface area contributed by atoms with Crippen molar-refractivity contribution in [1.82, 2.24) is 0 Å². The second kappa shape index (κ2) is 22.7. The fraction of sp³-hybridized carbons (Fsp3) is 0.333. The molecule has 0 aliphatic heterocycles. The molecule has 30 heavy (non-hydrogen) atoms. The van der Waals surface area contributed by atoms with Crippen LogP contribution >= 0.6 is 0 Å².